The Labute approximate surface area is 133 Å². The van der Waals surface area contributed by atoms with Crippen LogP contribution in [-0.4, -0.2) is 42.4 Å². The Hall–Kier alpha value is -1.70. The van der Waals surface area contributed by atoms with Crippen LogP contribution in [0.5, 0.6) is 0 Å². The highest BCUT2D eigenvalue weighted by Gasteiger charge is 2.50. The summed E-state index contributed by atoms with van der Waals surface area (Å²) in [5, 5.41) is 0.0412. The number of carbonyl (C=O) groups excluding carboxylic acids is 1. The van der Waals surface area contributed by atoms with E-state index in [0.29, 0.717) is 6.61 Å². The molecule has 2 fully saturated rings. The standard InChI is InChI=1S/C15H16O6S/c1-9(16)19-13-12-11(20-15(22)21-12)8-18-14(13)17-7-10-5-3-2-4-6-10/h2-6,11-14H,7-8H2,1H3/t11-,12-,13+,14-/m0/s1. The Morgan fingerprint density at radius 2 is 2.09 bits per heavy atom. The van der Waals surface area contributed by atoms with Crippen molar-refractivity contribution in [3.63, 3.8) is 0 Å². The summed E-state index contributed by atoms with van der Waals surface area (Å²) < 4.78 is 27.4. The zero-order chi connectivity index (χ0) is 15.5. The predicted molar refractivity (Wildman–Crippen MR) is 78.9 cm³/mol. The first-order valence-electron chi connectivity index (χ1n) is 6.95. The monoisotopic (exact) mass is 324 g/mol. The van der Waals surface area contributed by atoms with E-state index in [1.54, 1.807) is 0 Å². The summed E-state index contributed by atoms with van der Waals surface area (Å²) in [5.41, 5.74) is 0.994. The van der Waals surface area contributed by atoms with Gasteiger partial charge in [0.25, 0.3) is 0 Å². The molecule has 22 heavy (non-hydrogen) atoms. The molecule has 1 aromatic carbocycles. The molecule has 0 amide bonds. The molecule has 0 saturated carbocycles. The van der Waals surface area contributed by atoms with Crippen molar-refractivity contribution < 1.29 is 28.5 Å². The van der Waals surface area contributed by atoms with Crippen LogP contribution < -0.4 is 0 Å². The van der Waals surface area contributed by atoms with Crippen LogP contribution in [0.1, 0.15) is 12.5 Å². The summed E-state index contributed by atoms with van der Waals surface area (Å²) in [6, 6.07) is 9.66. The fourth-order valence-corrected chi connectivity index (χ4v) is 2.70. The number of rotatable bonds is 4. The van der Waals surface area contributed by atoms with E-state index in [9.17, 15) is 4.79 Å². The summed E-state index contributed by atoms with van der Waals surface area (Å²) in [7, 11) is 0. The number of ether oxygens (including phenoxy) is 5. The van der Waals surface area contributed by atoms with Crippen LogP contribution >= 0.6 is 12.2 Å². The van der Waals surface area contributed by atoms with Gasteiger partial charge in [-0.3, -0.25) is 4.79 Å². The fraction of sp³-hybridized carbons (Fsp3) is 0.467. The summed E-state index contributed by atoms with van der Waals surface area (Å²) in [6.07, 6.45) is -2.34. The van der Waals surface area contributed by atoms with Gasteiger partial charge >= 0.3 is 11.2 Å². The van der Waals surface area contributed by atoms with E-state index in [1.165, 1.54) is 6.92 Å². The van der Waals surface area contributed by atoms with Crippen LogP contribution in [0.4, 0.5) is 0 Å². The van der Waals surface area contributed by atoms with Gasteiger partial charge in [-0.15, -0.1) is 0 Å². The number of carbonyl (C=O) groups is 1. The molecule has 2 heterocycles. The van der Waals surface area contributed by atoms with Gasteiger partial charge in [-0.2, -0.15) is 0 Å². The Morgan fingerprint density at radius 3 is 2.82 bits per heavy atom. The lowest BCUT2D eigenvalue weighted by Crippen LogP contribution is -2.54. The summed E-state index contributed by atoms with van der Waals surface area (Å²) in [5.74, 6) is -0.441. The van der Waals surface area contributed by atoms with Gasteiger partial charge in [-0.25, -0.2) is 0 Å². The third-order valence-electron chi connectivity index (χ3n) is 3.42. The lowest BCUT2D eigenvalue weighted by molar-refractivity contribution is -0.261. The van der Waals surface area contributed by atoms with E-state index in [1.807, 2.05) is 30.3 Å². The molecule has 1 aromatic rings. The molecule has 4 atom stereocenters. The quantitative estimate of drug-likeness (QED) is 0.615. The minimum atomic E-state index is -0.727. The van der Waals surface area contributed by atoms with Gasteiger partial charge in [-0.05, 0) is 5.56 Å². The molecule has 0 bridgehead atoms. The van der Waals surface area contributed by atoms with E-state index in [0.717, 1.165) is 5.56 Å². The second-order valence-corrected chi connectivity index (χ2v) is 5.39. The van der Waals surface area contributed by atoms with E-state index >= 15 is 0 Å². The van der Waals surface area contributed by atoms with Crippen LogP contribution in [0.25, 0.3) is 0 Å². The number of thiocarbonyl (C=S) groups is 1. The first-order valence-corrected chi connectivity index (χ1v) is 7.36. The topological polar surface area (TPSA) is 63.2 Å². The van der Waals surface area contributed by atoms with Crippen molar-refractivity contribution in [1.82, 2.24) is 0 Å². The molecule has 0 N–H and O–H groups in total. The highest BCUT2D eigenvalue weighted by atomic mass is 32.1. The molecule has 2 saturated heterocycles. The number of fused-ring (bicyclic) bond motifs is 1. The number of hydrogen-bond acceptors (Lipinski definition) is 7. The van der Waals surface area contributed by atoms with E-state index < -0.39 is 24.5 Å². The molecule has 0 unspecified atom stereocenters. The van der Waals surface area contributed by atoms with Crippen LogP contribution in [0.2, 0.25) is 0 Å². The SMILES string of the molecule is CC(=O)O[C@H]1[C@@H](OCc2ccccc2)OC[C@@H]2OC(=S)O[C@H]12. The molecular weight excluding hydrogens is 308 g/mol. The molecule has 3 rings (SSSR count). The maximum atomic E-state index is 11.3. The lowest BCUT2D eigenvalue weighted by Gasteiger charge is -2.35. The third kappa shape index (κ3) is 3.37. The summed E-state index contributed by atoms with van der Waals surface area (Å²) in [6.45, 7) is 1.93. The predicted octanol–water partition coefficient (Wildman–Crippen LogP) is 1.56. The molecule has 118 valence electrons. The van der Waals surface area contributed by atoms with Gasteiger partial charge in [0.05, 0.1) is 13.2 Å². The zero-order valence-electron chi connectivity index (χ0n) is 12.0. The van der Waals surface area contributed by atoms with Crippen molar-refractivity contribution in [1.29, 1.82) is 0 Å². The molecule has 0 aliphatic carbocycles. The molecule has 0 spiro atoms. The fourth-order valence-electron chi connectivity index (χ4n) is 2.46. The Kier molecular flexibility index (Phi) is 4.56. The molecular formula is C15H16O6S. The van der Waals surface area contributed by atoms with Crippen LogP contribution in [-0.2, 0) is 35.1 Å². The Balaban J connectivity index is 1.68. The van der Waals surface area contributed by atoms with Crippen molar-refractivity contribution in [3.05, 3.63) is 35.9 Å². The molecule has 6 nitrogen and oxygen atoms in total. The van der Waals surface area contributed by atoms with Gasteiger partial charge in [0.2, 0.25) is 0 Å². The first-order chi connectivity index (χ1) is 10.6. The maximum absolute atomic E-state index is 11.3. The molecule has 0 radical (unpaired) electrons. The normalized spacial score (nSPS) is 30.1. The zero-order valence-corrected chi connectivity index (χ0v) is 12.8. The van der Waals surface area contributed by atoms with Gasteiger partial charge < -0.3 is 23.7 Å². The maximum Gasteiger partial charge on any atom is 0.353 e. The van der Waals surface area contributed by atoms with E-state index in [-0.39, 0.29) is 17.9 Å². The van der Waals surface area contributed by atoms with Gasteiger partial charge in [0, 0.05) is 19.1 Å². The van der Waals surface area contributed by atoms with Crippen molar-refractivity contribution in [2.75, 3.05) is 6.61 Å². The minimum Gasteiger partial charge on any atom is -0.453 e. The number of benzene rings is 1. The molecule has 7 heteroatoms. The van der Waals surface area contributed by atoms with Crippen LogP contribution in [0.15, 0.2) is 30.3 Å². The summed E-state index contributed by atoms with van der Waals surface area (Å²) in [4.78, 5) is 11.3. The molecule has 2 aliphatic rings. The molecule has 2 aliphatic heterocycles. The lowest BCUT2D eigenvalue weighted by atomic mass is 10.1. The van der Waals surface area contributed by atoms with Crippen LogP contribution in [0.3, 0.4) is 0 Å². The number of esters is 1. The van der Waals surface area contributed by atoms with Gasteiger partial charge in [0.1, 0.15) is 0 Å². The van der Waals surface area contributed by atoms with Gasteiger partial charge in [0.15, 0.2) is 24.6 Å². The minimum absolute atomic E-state index is 0.0412. The molecule has 0 aromatic heterocycles. The van der Waals surface area contributed by atoms with Crippen molar-refractivity contribution in [2.45, 2.75) is 38.1 Å². The van der Waals surface area contributed by atoms with Crippen molar-refractivity contribution in [3.8, 4) is 0 Å². The highest BCUT2D eigenvalue weighted by Crippen LogP contribution is 2.29. The second kappa shape index (κ2) is 6.60. The second-order valence-electron chi connectivity index (χ2n) is 5.06. The average Bonchev–Trinajstić information content (AvgIpc) is 2.88. The van der Waals surface area contributed by atoms with Crippen LogP contribution in [0, 0.1) is 0 Å². The van der Waals surface area contributed by atoms with Gasteiger partial charge in [-0.1, -0.05) is 30.3 Å². The Bertz CT molecular complexity index is 548. The van der Waals surface area contributed by atoms with E-state index in [2.05, 4.69) is 0 Å². The highest BCUT2D eigenvalue weighted by molar-refractivity contribution is 7.79. The smallest absolute Gasteiger partial charge is 0.353 e. The van der Waals surface area contributed by atoms with Crippen molar-refractivity contribution in [2.24, 2.45) is 0 Å². The third-order valence-corrected chi connectivity index (χ3v) is 3.61. The number of hydrogen-bond donors (Lipinski definition) is 0. The summed E-state index contributed by atoms with van der Waals surface area (Å²) >= 11 is 4.90. The largest absolute Gasteiger partial charge is 0.453 e. The first kappa shape index (κ1) is 15.2. The Morgan fingerprint density at radius 1 is 1.32 bits per heavy atom. The average molecular weight is 324 g/mol. The van der Waals surface area contributed by atoms with E-state index in [4.69, 9.17) is 35.9 Å². The van der Waals surface area contributed by atoms with Crippen molar-refractivity contribution >= 4 is 23.4 Å².